The topological polar surface area (TPSA) is 56.7 Å². The molecule has 1 unspecified atom stereocenters. The van der Waals surface area contributed by atoms with E-state index in [0.29, 0.717) is 11.6 Å². The molecule has 0 aliphatic rings. The Balaban J connectivity index is 1.57. The van der Waals surface area contributed by atoms with Crippen molar-refractivity contribution in [3.63, 3.8) is 0 Å². The van der Waals surface area contributed by atoms with Gasteiger partial charge in [0.25, 0.3) is 0 Å². The standard InChI is InChI=1S/C25H19ClN4OS/c26-21-12-10-19(11-13-21)23(18-6-2-1-3-7-18)32-25-29-28-24(20-8-4-14-27-16-20)30(25)17-22-9-5-15-31-22/h1-16,23H,17H2. The zero-order valence-corrected chi connectivity index (χ0v) is 18.6. The third-order valence-corrected chi connectivity index (χ3v) is 6.57. The highest BCUT2D eigenvalue weighted by atomic mass is 35.5. The number of hydrogen-bond donors (Lipinski definition) is 0. The zero-order chi connectivity index (χ0) is 21.8. The first-order valence-electron chi connectivity index (χ1n) is 10.1. The highest BCUT2D eigenvalue weighted by molar-refractivity contribution is 7.99. The van der Waals surface area contributed by atoms with Gasteiger partial charge in [-0.2, -0.15) is 0 Å². The van der Waals surface area contributed by atoms with E-state index in [9.17, 15) is 0 Å². The molecule has 5 rings (SSSR count). The molecule has 0 amide bonds. The Hall–Kier alpha value is -3.35. The molecule has 32 heavy (non-hydrogen) atoms. The van der Waals surface area contributed by atoms with Crippen LogP contribution in [-0.2, 0) is 6.54 Å². The van der Waals surface area contributed by atoms with Gasteiger partial charge in [-0.25, -0.2) is 0 Å². The van der Waals surface area contributed by atoms with Crippen LogP contribution in [0.5, 0.6) is 0 Å². The summed E-state index contributed by atoms with van der Waals surface area (Å²) in [6.45, 7) is 0.523. The van der Waals surface area contributed by atoms with Crippen LogP contribution in [0, 0.1) is 0 Å². The molecule has 0 radical (unpaired) electrons. The molecule has 7 heteroatoms. The number of benzene rings is 2. The zero-order valence-electron chi connectivity index (χ0n) is 17.0. The molecule has 0 spiro atoms. The second-order valence-corrected chi connectivity index (χ2v) is 8.68. The fourth-order valence-corrected chi connectivity index (χ4v) is 4.77. The van der Waals surface area contributed by atoms with Crippen LogP contribution in [0.25, 0.3) is 11.4 Å². The molecule has 5 aromatic rings. The molecule has 0 aliphatic carbocycles. The van der Waals surface area contributed by atoms with Crippen LogP contribution in [0.2, 0.25) is 5.02 Å². The molecule has 3 heterocycles. The van der Waals surface area contributed by atoms with Crippen molar-refractivity contribution in [3.8, 4) is 11.4 Å². The van der Waals surface area contributed by atoms with Gasteiger partial charge >= 0.3 is 0 Å². The first-order valence-corrected chi connectivity index (χ1v) is 11.4. The molecule has 5 nitrogen and oxygen atoms in total. The van der Waals surface area contributed by atoms with E-state index in [1.54, 1.807) is 30.4 Å². The minimum absolute atomic E-state index is 0.0229. The van der Waals surface area contributed by atoms with Crippen LogP contribution >= 0.6 is 23.4 Å². The Bertz CT molecular complexity index is 1270. The highest BCUT2D eigenvalue weighted by Gasteiger charge is 2.22. The normalized spacial score (nSPS) is 12.0. The number of furan rings is 1. The van der Waals surface area contributed by atoms with Crippen LogP contribution in [0.1, 0.15) is 22.1 Å². The fraction of sp³-hybridized carbons (Fsp3) is 0.0800. The predicted octanol–water partition coefficient (Wildman–Crippen LogP) is 6.52. The van der Waals surface area contributed by atoms with Crippen LogP contribution < -0.4 is 0 Å². The summed E-state index contributed by atoms with van der Waals surface area (Å²) in [7, 11) is 0. The lowest BCUT2D eigenvalue weighted by molar-refractivity contribution is 0.485. The van der Waals surface area contributed by atoms with E-state index < -0.39 is 0 Å². The van der Waals surface area contributed by atoms with Crippen LogP contribution in [0.4, 0.5) is 0 Å². The van der Waals surface area contributed by atoms with Crippen molar-refractivity contribution in [1.29, 1.82) is 0 Å². The van der Waals surface area contributed by atoms with E-state index in [1.807, 2.05) is 54.6 Å². The van der Waals surface area contributed by atoms with Gasteiger partial charge in [0.2, 0.25) is 0 Å². The van der Waals surface area contributed by atoms with Crippen molar-refractivity contribution in [2.75, 3.05) is 0 Å². The Morgan fingerprint density at radius 2 is 1.69 bits per heavy atom. The second-order valence-electron chi connectivity index (χ2n) is 7.17. The number of aromatic nitrogens is 4. The molecule has 0 saturated heterocycles. The van der Waals surface area contributed by atoms with E-state index in [-0.39, 0.29) is 5.25 Å². The monoisotopic (exact) mass is 458 g/mol. The van der Waals surface area contributed by atoms with E-state index >= 15 is 0 Å². The molecule has 2 aromatic carbocycles. The lowest BCUT2D eigenvalue weighted by Gasteiger charge is -2.18. The van der Waals surface area contributed by atoms with Gasteiger partial charge in [0.15, 0.2) is 11.0 Å². The lowest BCUT2D eigenvalue weighted by Crippen LogP contribution is -2.05. The van der Waals surface area contributed by atoms with Gasteiger partial charge in [-0.1, -0.05) is 65.8 Å². The number of thioether (sulfide) groups is 1. The maximum absolute atomic E-state index is 6.15. The number of pyridine rings is 1. The van der Waals surface area contributed by atoms with Gasteiger partial charge in [0, 0.05) is 23.0 Å². The lowest BCUT2D eigenvalue weighted by atomic mass is 10.0. The molecule has 0 bridgehead atoms. The SMILES string of the molecule is Clc1ccc(C(Sc2nnc(-c3cccnc3)n2Cc2ccco2)c2ccccc2)cc1. The van der Waals surface area contributed by atoms with Crippen LogP contribution in [0.15, 0.2) is 107 Å². The summed E-state index contributed by atoms with van der Waals surface area (Å²) in [6.07, 6.45) is 5.22. The van der Waals surface area contributed by atoms with E-state index in [2.05, 4.69) is 44.0 Å². The minimum atomic E-state index is 0.0229. The van der Waals surface area contributed by atoms with E-state index in [0.717, 1.165) is 27.9 Å². The highest BCUT2D eigenvalue weighted by Crippen LogP contribution is 2.41. The number of hydrogen-bond acceptors (Lipinski definition) is 5. The molecule has 158 valence electrons. The molecular weight excluding hydrogens is 440 g/mol. The Labute approximate surface area is 195 Å². The van der Waals surface area contributed by atoms with Crippen molar-refractivity contribution in [2.45, 2.75) is 17.0 Å². The first-order chi connectivity index (χ1) is 15.8. The summed E-state index contributed by atoms with van der Waals surface area (Å²) in [5, 5.41) is 10.6. The third-order valence-electron chi connectivity index (χ3n) is 5.03. The summed E-state index contributed by atoms with van der Waals surface area (Å²) >= 11 is 7.80. The molecule has 0 aliphatic heterocycles. The quantitative estimate of drug-likeness (QED) is 0.260. The van der Waals surface area contributed by atoms with Gasteiger partial charge in [-0.15, -0.1) is 10.2 Å². The molecule has 1 atom stereocenters. The smallest absolute Gasteiger partial charge is 0.192 e. The second kappa shape index (κ2) is 9.42. The summed E-state index contributed by atoms with van der Waals surface area (Å²) < 4.78 is 7.70. The van der Waals surface area contributed by atoms with Crippen molar-refractivity contribution < 1.29 is 4.42 Å². The summed E-state index contributed by atoms with van der Waals surface area (Å²) in [4.78, 5) is 4.25. The van der Waals surface area contributed by atoms with Crippen LogP contribution in [0.3, 0.4) is 0 Å². The fourth-order valence-electron chi connectivity index (χ4n) is 3.48. The van der Waals surface area contributed by atoms with Crippen molar-refractivity contribution in [1.82, 2.24) is 19.7 Å². The van der Waals surface area contributed by atoms with Crippen molar-refractivity contribution in [3.05, 3.63) is 119 Å². The number of halogens is 1. The van der Waals surface area contributed by atoms with E-state index in [1.165, 1.54) is 5.56 Å². The van der Waals surface area contributed by atoms with Gasteiger partial charge in [-0.3, -0.25) is 9.55 Å². The largest absolute Gasteiger partial charge is 0.467 e. The molecule has 0 N–H and O–H groups in total. The van der Waals surface area contributed by atoms with Crippen molar-refractivity contribution >= 4 is 23.4 Å². The first kappa shape index (κ1) is 20.5. The summed E-state index contributed by atoms with van der Waals surface area (Å²) in [5.41, 5.74) is 3.22. The Morgan fingerprint density at radius 1 is 0.875 bits per heavy atom. The Morgan fingerprint density at radius 3 is 2.41 bits per heavy atom. The average molecular weight is 459 g/mol. The van der Waals surface area contributed by atoms with Crippen LogP contribution in [-0.4, -0.2) is 19.7 Å². The Kier molecular flexibility index (Phi) is 6.05. The van der Waals surface area contributed by atoms with Gasteiger partial charge < -0.3 is 4.42 Å². The number of rotatable bonds is 7. The predicted molar refractivity (Wildman–Crippen MR) is 127 cm³/mol. The summed E-state index contributed by atoms with van der Waals surface area (Å²) in [6, 6.07) is 26.0. The third kappa shape index (κ3) is 4.47. The maximum Gasteiger partial charge on any atom is 0.192 e. The van der Waals surface area contributed by atoms with Gasteiger partial charge in [0.05, 0.1) is 18.1 Å². The van der Waals surface area contributed by atoms with Gasteiger partial charge in [-0.05, 0) is 47.5 Å². The minimum Gasteiger partial charge on any atom is -0.467 e. The van der Waals surface area contributed by atoms with Gasteiger partial charge in [0.1, 0.15) is 5.76 Å². The maximum atomic E-state index is 6.15. The van der Waals surface area contributed by atoms with E-state index in [4.69, 9.17) is 16.0 Å². The number of nitrogens with zero attached hydrogens (tertiary/aromatic N) is 4. The average Bonchev–Trinajstić information content (AvgIpc) is 3.50. The molecule has 0 fully saturated rings. The summed E-state index contributed by atoms with van der Waals surface area (Å²) in [5.74, 6) is 1.58. The molecular formula is C25H19ClN4OS. The van der Waals surface area contributed by atoms with Crippen molar-refractivity contribution in [2.24, 2.45) is 0 Å². The molecule has 0 saturated carbocycles. The molecule has 3 aromatic heterocycles.